The highest BCUT2D eigenvalue weighted by Crippen LogP contribution is 2.46. The van der Waals surface area contributed by atoms with E-state index in [0.717, 1.165) is 22.3 Å². The van der Waals surface area contributed by atoms with Crippen LogP contribution in [0.15, 0.2) is 119 Å². The van der Waals surface area contributed by atoms with E-state index in [4.69, 9.17) is 0 Å². The minimum atomic E-state index is -3.94. The SMILES string of the molecule is Cc1ccc(S(=O)(=O)N2CCN(S(=O)(=O)c3ccc(C)cc3)[C@@H](c3ccccc3)[C@@H]2c2ccccc2)cc1. The maximum Gasteiger partial charge on any atom is 0.243 e. The van der Waals surface area contributed by atoms with Crippen molar-refractivity contribution in [2.24, 2.45) is 0 Å². The Kier molecular flexibility index (Phi) is 7.24. The van der Waals surface area contributed by atoms with Crippen molar-refractivity contribution in [3.63, 3.8) is 0 Å². The number of nitrogens with zero attached hydrogens (tertiary/aromatic N) is 2. The molecule has 6 nitrogen and oxygen atoms in total. The lowest BCUT2D eigenvalue weighted by molar-refractivity contribution is 0.132. The first-order chi connectivity index (χ1) is 18.2. The molecule has 1 fully saturated rings. The number of hydrogen-bond donors (Lipinski definition) is 0. The minimum Gasteiger partial charge on any atom is -0.207 e. The molecule has 0 radical (unpaired) electrons. The van der Waals surface area contributed by atoms with E-state index in [1.165, 1.54) is 8.61 Å². The molecule has 0 unspecified atom stereocenters. The van der Waals surface area contributed by atoms with Gasteiger partial charge in [0.1, 0.15) is 0 Å². The first kappa shape index (κ1) is 26.3. The third-order valence-corrected chi connectivity index (χ3v) is 10.8. The van der Waals surface area contributed by atoms with Gasteiger partial charge in [0.25, 0.3) is 0 Å². The lowest BCUT2D eigenvalue weighted by Gasteiger charge is -2.46. The van der Waals surface area contributed by atoms with Gasteiger partial charge in [0.05, 0.1) is 21.9 Å². The van der Waals surface area contributed by atoms with Crippen molar-refractivity contribution in [1.82, 2.24) is 8.61 Å². The van der Waals surface area contributed by atoms with Crippen LogP contribution in [0, 0.1) is 13.8 Å². The Morgan fingerprint density at radius 1 is 0.500 bits per heavy atom. The number of piperazine rings is 1. The summed E-state index contributed by atoms with van der Waals surface area (Å²) >= 11 is 0. The van der Waals surface area contributed by atoms with E-state index in [9.17, 15) is 16.8 Å². The second-order valence-electron chi connectivity index (χ2n) is 9.57. The van der Waals surface area contributed by atoms with E-state index in [1.807, 2.05) is 74.5 Å². The Morgan fingerprint density at radius 2 is 0.816 bits per heavy atom. The first-order valence-corrected chi connectivity index (χ1v) is 15.3. The van der Waals surface area contributed by atoms with Gasteiger partial charge in [-0.2, -0.15) is 8.61 Å². The van der Waals surface area contributed by atoms with Crippen LogP contribution < -0.4 is 0 Å². The van der Waals surface area contributed by atoms with Crippen molar-refractivity contribution in [3.05, 3.63) is 131 Å². The van der Waals surface area contributed by atoms with Crippen LogP contribution in [0.3, 0.4) is 0 Å². The topological polar surface area (TPSA) is 74.8 Å². The van der Waals surface area contributed by atoms with Crippen molar-refractivity contribution >= 4 is 20.0 Å². The third kappa shape index (κ3) is 4.92. The fourth-order valence-corrected chi connectivity index (χ4v) is 8.24. The normalized spacial score (nSPS) is 19.3. The van der Waals surface area contributed by atoms with Crippen molar-refractivity contribution in [2.45, 2.75) is 35.7 Å². The Hall–Kier alpha value is -3.30. The van der Waals surface area contributed by atoms with Crippen LogP contribution in [0.2, 0.25) is 0 Å². The van der Waals surface area contributed by atoms with E-state index in [2.05, 4.69) is 0 Å². The fraction of sp³-hybridized carbons (Fsp3) is 0.200. The largest absolute Gasteiger partial charge is 0.243 e. The van der Waals surface area contributed by atoms with Gasteiger partial charge in [0, 0.05) is 13.1 Å². The molecule has 5 rings (SSSR count). The molecule has 0 aliphatic carbocycles. The summed E-state index contributed by atoms with van der Waals surface area (Å²) in [4.78, 5) is 0.372. The number of rotatable bonds is 6. The van der Waals surface area contributed by atoms with Crippen LogP contribution in [-0.4, -0.2) is 38.5 Å². The lowest BCUT2D eigenvalue weighted by Crippen LogP contribution is -2.53. The van der Waals surface area contributed by atoms with Crippen molar-refractivity contribution in [2.75, 3.05) is 13.1 Å². The molecule has 0 bridgehead atoms. The highest BCUT2D eigenvalue weighted by Gasteiger charge is 2.48. The molecule has 1 heterocycles. The van der Waals surface area contributed by atoms with Crippen LogP contribution in [0.5, 0.6) is 0 Å². The van der Waals surface area contributed by atoms with Crippen LogP contribution in [0.1, 0.15) is 34.3 Å². The third-order valence-electron chi connectivity index (χ3n) is 7.00. The second-order valence-corrected chi connectivity index (χ2v) is 13.3. The molecular formula is C30H30N2O4S2. The summed E-state index contributed by atoms with van der Waals surface area (Å²) in [5, 5.41) is 0. The van der Waals surface area contributed by atoms with Gasteiger partial charge in [-0.1, -0.05) is 96.1 Å². The summed E-state index contributed by atoms with van der Waals surface area (Å²) in [6, 6.07) is 30.6. The molecule has 196 valence electrons. The van der Waals surface area contributed by atoms with Gasteiger partial charge in [-0.15, -0.1) is 0 Å². The Morgan fingerprint density at radius 3 is 1.13 bits per heavy atom. The van der Waals surface area contributed by atoms with E-state index in [-0.39, 0.29) is 22.9 Å². The maximum absolute atomic E-state index is 14.1. The molecule has 38 heavy (non-hydrogen) atoms. The highest BCUT2D eigenvalue weighted by atomic mass is 32.2. The van der Waals surface area contributed by atoms with Crippen LogP contribution >= 0.6 is 0 Å². The number of aryl methyl sites for hydroxylation is 2. The van der Waals surface area contributed by atoms with Gasteiger partial charge >= 0.3 is 0 Å². The summed E-state index contributed by atoms with van der Waals surface area (Å²) in [6.45, 7) is 3.85. The van der Waals surface area contributed by atoms with Gasteiger partial charge in [0.2, 0.25) is 20.0 Å². The number of hydrogen-bond acceptors (Lipinski definition) is 4. The molecule has 0 saturated carbocycles. The molecule has 1 saturated heterocycles. The Balaban J connectivity index is 1.70. The smallest absolute Gasteiger partial charge is 0.207 e. The van der Waals surface area contributed by atoms with Gasteiger partial charge < -0.3 is 0 Å². The molecule has 2 atom stereocenters. The lowest BCUT2D eigenvalue weighted by atomic mass is 9.92. The predicted octanol–water partition coefficient (Wildman–Crippen LogP) is 5.48. The average Bonchev–Trinajstić information content (AvgIpc) is 2.93. The molecule has 8 heteroatoms. The van der Waals surface area contributed by atoms with Gasteiger partial charge in [0.15, 0.2) is 0 Å². The van der Waals surface area contributed by atoms with Crippen LogP contribution in [0.4, 0.5) is 0 Å². The van der Waals surface area contributed by atoms with E-state index < -0.39 is 32.1 Å². The monoisotopic (exact) mass is 546 g/mol. The zero-order valence-electron chi connectivity index (χ0n) is 21.3. The maximum atomic E-state index is 14.1. The second kappa shape index (κ2) is 10.5. The molecule has 0 N–H and O–H groups in total. The molecule has 4 aromatic carbocycles. The number of benzene rings is 4. The van der Waals surface area contributed by atoms with Crippen molar-refractivity contribution < 1.29 is 16.8 Å². The summed E-state index contributed by atoms with van der Waals surface area (Å²) in [7, 11) is -7.89. The predicted molar refractivity (Wildman–Crippen MR) is 149 cm³/mol. The molecule has 0 aromatic heterocycles. The first-order valence-electron chi connectivity index (χ1n) is 12.5. The molecule has 4 aromatic rings. The molecule has 0 amide bonds. The minimum absolute atomic E-state index is 0.0181. The summed E-state index contributed by atoms with van der Waals surface area (Å²) in [6.07, 6.45) is 0. The van der Waals surface area contributed by atoms with Crippen molar-refractivity contribution in [1.29, 1.82) is 0 Å². The molecular weight excluding hydrogens is 516 g/mol. The van der Waals surface area contributed by atoms with Crippen LogP contribution in [0.25, 0.3) is 0 Å². The van der Waals surface area contributed by atoms with Gasteiger partial charge in [-0.05, 0) is 49.2 Å². The van der Waals surface area contributed by atoms with Gasteiger partial charge in [-0.3, -0.25) is 0 Å². The quantitative estimate of drug-likeness (QED) is 0.321. The molecule has 0 spiro atoms. The standard InChI is InChI=1S/C30H30N2O4S2/c1-23-13-17-27(18-14-23)37(33,34)31-21-22-32(38(35,36)28-19-15-24(2)16-20-28)30(26-11-7-4-8-12-26)29(31)25-9-5-3-6-10-25/h3-20,29-30H,21-22H2,1-2H3/t29-,30-/m0/s1. The van der Waals surface area contributed by atoms with E-state index in [0.29, 0.717) is 0 Å². The Bertz CT molecular complexity index is 1480. The molecule has 1 aliphatic heterocycles. The number of sulfonamides is 2. The zero-order valence-corrected chi connectivity index (χ0v) is 22.9. The fourth-order valence-electron chi connectivity index (χ4n) is 5.02. The summed E-state index contributed by atoms with van der Waals surface area (Å²) in [5.41, 5.74) is 3.36. The highest BCUT2D eigenvalue weighted by molar-refractivity contribution is 7.89. The van der Waals surface area contributed by atoms with E-state index >= 15 is 0 Å². The molecule has 1 aliphatic rings. The van der Waals surface area contributed by atoms with Crippen LogP contribution in [-0.2, 0) is 20.0 Å². The Labute approximate surface area is 225 Å². The summed E-state index contributed by atoms with van der Waals surface area (Å²) in [5.74, 6) is 0. The zero-order chi connectivity index (χ0) is 26.9. The summed E-state index contributed by atoms with van der Waals surface area (Å²) < 4.78 is 59.3. The van der Waals surface area contributed by atoms with Gasteiger partial charge in [-0.25, -0.2) is 16.8 Å². The van der Waals surface area contributed by atoms with Crippen molar-refractivity contribution in [3.8, 4) is 0 Å². The average molecular weight is 547 g/mol. The van der Waals surface area contributed by atoms with E-state index in [1.54, 1.807) is 48.5 Å².